The molecule has 36 heavy (non-hydrogen) atoms. The van der Waals surface area contributed by atoms with Gasteiger partial charge in [0.1, 0.15) is 6.04 Å². The van der Waals surface area contributed by atoms with Gasteiger partial charge >= 0.3 is 0 Å². The van der Waals surface area contributed by atoms with Crippen LogP contribution in [0.5, 0.6) is 0 Å². The summed E-state index contributed by atoms with van der Waals surface area (Å²) in [5.41, 5.74) is 5.55. The Bertz CT molecular complexity index is 1130. The van der Waals surface area contributed by atoms with E-state index in [1.807, 2.05) is 61.5 Å². The van der Waals surface area contributed by atoms with Gasteiger partial charge in [0.05, 0.1) is 5.75 Å². The molecule has 190 valence electrons. The van der Waals surface area contributed by atoms with Gasteiger partial charge in [0, 0.05) is 30.3 Å². The van der Waals surface area contributed by atoms with Crippen molar-refractivity contribution in [3.63, 3.8) is 0 Å². The van der Waals surface area contributed by atoms with Gasteiger partial charge in [-0.15, -0.1) is 11.8 Å². The molecule has 1 atom stereocenters. The zero-order chi connectivity index (χ0) is 25.9. The second-order valence-corrected chi connectivity index (χ2v) is 10.6. The van der Waals surface area contributed by atoms with Crippen molar-refractivity contribution in [1.29, 1.82) is 0 Å². The number of aryl methyl sites for hydroxylation is 2. The minimum Gasteiger partial charge on any atom is -0.354 e. The molecule has 0 fully saturated rings. The lowest BCUT2D eigenvalue weighted by molar-refractivity contribution is -0.139. The molecule has 3 rings (SSSR count). The molecule has 1 N–H and O–H groups in total. The maximum Gasteiger partial charge on any atom is 0.243 e. The van der Waals surface area contributed by atoms with Crippen LogP contribution in [-0.4, -0.2) is 35.1 Å². The topological polar surface area (TPSA) is 49.4 Å². The van der Waals surface area contributed by atoms with Crippen LogP contribution in [0.3, 0.4) is 0 Å². The molecule has 0 aliphatic rings. The molecule has 0 aromatic heterocycles. The Morgan fingerprint density at radius 2 is 1.61 bits per heavy atom. The van der Waals surface area contributed by atoms with E-state index in [4.69, 9.17) is 11.6 Å². The first-order valence-electron chi connectivity index (χ1n) is 12.4. The predicted octanol–water partition coefficient (Wildman–Crippen LogP) is 6.36. The second-order valence-electron chi connectivity index (χ2n) is 9.14. The van der Waals surface area contributed by atoms with E-state index in [1.54, 1.807) is 16.7 Å². The molecule has 0 heterocycles. The standard InChI is InChI=1S/C30H35ClN2O2S/c1-4-13-32-30(35)28(18-24-9-6-5-7-10-24)33(19-25-11-8-12-27(31)17-25)29(34)21-36-20-26-15-22(2)14-23(3)16-26/h5-12,14-17,28H,4,13,18-21H2,1-3H3,(H,32,35)/t28-/m0/s1. The molecular formula is C30H35ClN2O2S. The van der Waals surface area contributed by atoms with Crippen LogP contribution in [0, 0.1) is 13.8 Å². The molecule has 0 unspecified atom stereocenters. The molecule has 0 saturated heterocycles. The smallest absolute Gasteiger partial charge is 0.243 e. The van der Waals surface area contributed by atoms with Crippen molar-refractivity contribution in [1.82, 2.24) is 10.2 Å². The number of nitrogens with zero attached hydrogens (tertiary/aromatic N) is 1. The number of thioether (sulfide) groups is 1. The molecular weight excluding hydrogens is 488 g/mol. The maximum absolute atomic E-state index is 13.7. The van der Waals surface area contributed by atoms with Crippen LogP contribution in [0.4, 0.5) is 0 Å². The van der Waals surface area contributed by atoms with Crippen molar-refractivity contribution in [2.24, 2.45) is 0 Å². The van der Waals surface area contributed by atoms with Crippen molar-refractivity contribution < 1.29 is 9.59 Å². The third kappa shape index (κ3) is 8.72. The summed E-state index contributed by atoms with van der Waals surface area (Å²) in [6.07, 6.45) is 1.28. The van der Waals surface area contributed by atoms with Gasteiger partial charge in [0.2, 0.25) is 11.8 Å². The molecule has 6 heteroatoms. The summed E-state index contributed by atoms with van der Waals surface area (Å²) in [6, 6.07) is 23.2. The van der Waals surface area contributed by atoms with Gasteiger partial charge in [0.15, 0.2) is 0 Å². The first kappa shape index (κ1) is 27.8. The molecule has 0 bridgehead atoms. The number of carbonyl (C=O) groups excluding carboxylic acids is 2. The van der Waals surface area contributed by atoms with Crippen LogP contribution in [-0.2, 0) is 28.3 Å². The highest BCUT2D eigenvalue weighted by Gasteiger charge is 2.30. The average Bonchev–Trinajstić information content (AvgIpc) is 2.84. The SMILES string of the molecule is CCCNC(=O)[C@H](Cc1ccccc1)N(Cc1cccc(Cl)c1)C(=O)CSCc1cc(C)cc(C)c1. The lowest BCUT2D eigenvalue weighted by Crippen LogP contribution is -2.51. The normalized spacial score (nSPS) is 11.7. The fourth-order valence-electron chi connectivity index (χ4n) is 4.24. The van der Waals surface area contributed by atoms with Crippen LogP contribution in [0.15, 0.2) is 72.8 Å². The number of amides is 2. The van der Waals surface area contributed by atoms with Gasteiger partial charge in [-0.3, -0.25) is 9.59 Å². The van der Waals surface area contributed by atoms with Crippen LogP contribution in [0.1, 0.15) is 41.2 Å². The predicted molar refractivity (Wildman–Crippen MR) is 151 cm³/mol. The van der Waals surface area contributed by atoms with Crippen molar-refractivity contribution in [3.05, 3.63) is 106 Å². The van der Waals surface area contributed by atoms with Gasteiger partial charge in [0.25, 0.3) is 0 Å². The number of rotatable bonds is 12. The highest BCUT2D eigenvalue weighted by Crippen LogP contribution is 2.21. The van der Waals surface area contributed by atoms with E-state index >= 15 is 0 Å². The third-order valence-corrected chi connectivity index (χ3v) is 7.06. The van der Waals surface area contributed by atoms with E-state index < -0.39 is 6.04 Å². The van der Waals surface area contributed by atoms with Gasteiger partial charge in [-0.1, -0.05) is 90.3 Å². The highest BCUT2D eigenvalue weighted by atomic mass is 35.5. The minimum absolute atomic E-state index is 0.0584. The molecule has 0 aliphatic heterocycles. The highest BCUT2D eigenvalue weighted by molar-refractivity contribution is 7.99. The molecule has 4 nitrogen and oxygen atoms in total. The van der Waals surface area contributed by atoms with Gasteiger partial charge < -0.3 is 10.2 Å². The summed E-state index contributed by atoms with van der Waals surface area (Å²) < 4.78 is 0. The average molecular weight is 523 g/mol. The zero-order valence-corrected chi connectivity index (χ0v) is 22.9. The van der Waals surface area contributed by atoms with Gasteiger partial charge in [-0.05, 0) is 49.1 Å². The van der Waals surface area contributed by atoms with E-state index in [2.05, 4.69) is 37.4 Å². The number of carbonyl (C=O) groups is 2. The zero-order valence-electron chi connectivity index (χ0n) is 21.3. The van der Waals surface area contributed by atoms with Crippen molar-refractivity contribution in [2.75, 3.05) is 12.3 Å². The van der Waals surface area contributed by atoms with E-state index in [0.29, 0.717) is 30.3 Å². The van der Waals surface area contributed by atoms with E-state index in [0.717, 1.165) is 23.3 Å². The van der Waals surface area contributed by atoms with Crippen LogP contribution in [0.25, 0.3) is 0 Å². The minimum atomic E-state index is -0.618. The number of hydrogen-bond acceptors (Lipinski definition) is 3. The second kappa shape index (κ2) is 14.1. The first-order chi connectivity index (χ1) is 17.4. The van der Waals surface area contributed by atoms with Gasteiger partial charge in [-0.2, -0.15) is 0 Å². The fraction of sp³-hybridized carbons (Fsp3) is 0.333. The molecule has 0 aliphatic carbocycles. The Morgan fingerprint density at radius 3 is 2.28 bits per heavy atom. The lowest BCUT2D eigenvalue weighted by atomic mass is 10.0. The summed E-state index contributed by atoms with van der Waals surface area (Å²) in [5, 5.41) is 3.62. The Kier molecular flexibility index (Phi) is 10.9. The summed E-state index contributed by atoms with van der Waals surface area (Å²) >= 11 is 7.82. The largest absolute Gasteiger partial charge is 0.354 e. The van der Waals surface area contributed by atoms with E-state index in [-0.39, 0.29) is 11.8 Å². The number of nitrogens with one attached hydrogen (secondary N) is 1. The fourth-order valence-corrected chi connectivity index (χ4v) is 5.30. The molecule has 0 radical (unpaired) electrons. The maximum atomic E-state index is 13.7. The third-order valence-electron chi connectivity index (χ3n) is 5.84. The van der Waals surface area contributed by atoms with Gasteiger partial charge in [-0.25, -0.2) is 0 Å². The van der Waals surface area contributed by atoms with Crippen LogP contribution in [0.2, 0.25) is 5.02 Å². The van der Waals surface area contributed by atoms with Crippen LogP contribution < -0.4 is 5.32 Å². The molecule has 2 amide bonds. The number of benzene rings is 3. The number of halogens is 1. The summed E-state index contributed by atoms with van der Waals surface area (Å²) in [7, 11) is 0. The molecule has 3 aromatic rings. The Morgan fingerprint density at radius 1 is 0.917 bits per heavy atom. The molecule has 0 spiro atoms. The van der Waals surface area contributed by atoms with Crippen molar-refractivity contribution in [3.8, 4) is 0 Å². The first-order valence-corrected chi connectivity index (χ1v) is 13.9. The Hall–Kier alpha value is -2.76. The van der Waals surface area contributed by atoms with Crippen LogP contribution >= 0.6 is 23.4 Å². The number of hydrogen-bond donors (Lipinski definition) is 1. The Balaban J connectivity index is 1.83. The Labute approximate surface area is 224 Å². The van der Waals surface area contributed by atoms with E-state index in [9.17, 15) is 9.59 Å². The molecule has 3 aromatic carbocycles. The summed E-state index contributed by atoms with van der Waals surface area (Å²) in [4.78, 5) is 28.7. The lowest BCUT2D eigenvalue weighted by Gasteiger charge is -2.31. The summed E-state index contributed by atoms with van der Waals surface area (Å²) in [5.74, 6) is 0.845. The van der Waals surface area contributed by atoms with Crippen molar-refractivity contribution >= 4 is 35.2 Å². The van der Waals surface area contributed by atoms with Crippen molar-refractivity contribution in [2.45, 2.75) is 52.0 Å². The molecule has 0 saturated carbocycles. The summed E-state index contributed by atoms with van der Waals surface area (Å²) in [6.45, 7) is 7.08. The monoisotopic (exact) mass is 522 g/mol. The van der Waals surface area contributed by atoms with E-state index in [1.165, 1.54) is 16.7 Å². The quantitative estimate of drug-likeness (QED) is 0.301.